The topological polar surface area (TPSA) is 104 Å². The molecule has 0 amide bonds. The Morgan fingerprint density at radius 2 is 2.00 bits per heavy atom. The third-order valence-corrected chi connectivity index (χ3v) is 2.97. The predicted molar refractivity (Wildman–Crippen MR) is 70.4 cm³/mol. The van der Waals surface area contributed by atoms with Gasteiger partial charge < -0.3 is 20.1 Å². The van der Waals surface area contributed by atoms with Gasteiger partial charge in [0.1, 0.15) is 6.10 Å². The minimum absolute atomic E-state index is 0.177. The Bertz CT molecular complexity index is 502. The number of halogens is 1. The molecule has 20 heavy (non-hydrogen) atoms. The summed E-state index contributed by atoms with van der Waals surface area (Å²) in [5.74, 6) is -1.76. The van der Waals surface area contributed by atoms with Crippen molar-refractivity contribution in [3.63, 3.8) is 0 Å². The molecule has 1 aromatic carbocycles. The third-order valence-electron chi connectivity index (χ3n) is 2.74. The number of carboxylic acids is 1. The molecule has 2 atom stereocenters. The lowest BCUT2D eigenvalue weighted by Crippen LogP contribution is -2.24. The van der Waals surface area contributed by atoms with Crippen LogP contribution in [0.5, 0.6) is 0 Å². The van der Waals surface area contributed by atoms with E-state index < -0.39 is 30.6 Å². The van der Waals surface area contributed by atoms with E-state index in [0.29, 0.717) is 10.6 Å². The highest BCUT2D eigenvalue weighted by Gasteiger charge is 2.24. The highest BCUT2D eigenvalue weighted by Crippen LogP contribution is 2.26. The fourth-order valence-corrected chi connectivity index (χ4v) is 1.92. The lowest BCUT2D eigenvalue weighted by atomic mass is 9.95. The van der Waals surface area contributed by atoms with Gasteiger partial charge in [-0.2, -0.15) is 0 Å². The fourth-order valence-electron chi connectivity index (χ4n) is 1.74. The normalized spacial score (nSPS) is 13.6. The van der Waals surface area contributed by atoms with Gasteiger partial charge in [0, 0.05) is 5.02 Å². The summed E-state index contributed by atoms with van der Waals surface area (Å²) >= 11 is 5.80. The molecular weight excluding hydrogens is 288 g/mol. The molecule has 0 aromatic heterocycles. The Kier molecular flexibility index (Phi) is 5.94. The molecule has 1 rings (SSSR count). The monoisotopic (exact) mass is 302 g/mol. The number of carboxylic acid groups (broad SMARTS) is 1. The molecule has 1 aromatic rings. The number of hydrogen-bond donors (Lipinski definition) is 3. The van der Waals surface area contributed by atoms with E-state index in [1.807, 2.05) is 0 Å². The maximum Gasteiger partial charge on any atom is 0.308 e. The molecule has 7 heteroatoms. The fraction of sp³-hybridized carbons (Fsp3) is 0.385. The van der Waals surface area contributed by atoms with E-state index in [2.05, 4.69) is 4.74 Å². The van der Waals surface area contributed by atoms with E-state index in [1.165, 1.54) is 18.2 Å². The molecule has 0 aliphatic carbocycles. The second-order valence-corrected chi connectivity index (χ2v) is 4.64. The summed E-state index contributed by atoms with van der Waals surface area (Å²) in [5, 5.41) is 28.9. The van der Waals surface area contributed by atoms with E-state index in [0.717, 1.165) is 7.11 Å². The van der Waals surface area contributed by atoms with Gasteiger partial charge in [-0.15, -0.1) is 0 Å². The highest BCUT2D eigenvalue weighted by molar-refractivity contribution is 6.30. The van der Waals surface area contributed by atoms with Crippen molar-refractivity contribution in [2.75, 3.05) is 7.11 Å². The maximum atomic E-state index is 11.1. The number of aliphatic hydroxyl groups excluding tert-OH is 2. The van der Waals surface area contributed by atoms with Gasteiger partial charge in [-0.1, -0.05) is 17.7 Å². The third kappa shape index (κ3) is 4.48. The summed E-state index contributed by atoms with van der Waals surface area (Å²) in [5.41, 5.74) is 0.495. The van der Waals surface area contributed by atoms with Crippen molar-refractivity contribution >= 4 is 23.5 Å². The van der Waals surface area contributed by atoms with Gasteiger partial charge in [-0.05, 0) is 23.3 Å². The lowest BCUT2D eigenvalue weighted by molar-refractivity contribution is -0.145. The molecule has 0 spiro atoms. The van der Waals surface area contributed by atoms with Crippen LogP contribution in [-0.4, -0.2) is 40.5 Å². The first kappa shape index (κ1) is 16.4. The van der Waals surface area contributed by atoms with Crippen LogP contribution in [0.3, 0.4) is 0 Å². The molecule has 0 bridgehead atoms. The number of carbonyl (C=O) groups excluding carboxylic acids is 1. The van der Waals surface area contributed by atoms with Crippen LogP contribution in [0.15, 0.2) is 18.2 Å². The molecule has 0 radical (unpaired) electrons. The summed E-state index contributed by atoms with van der Waals surface area (Å²) in [7, 11) is 1.16. The number of aliphatic carboxylic acids is 1. The van der Waals surface area contributed by atoms with Crippen molar-refractivity contribution in [3.8, 4) is 0 Å². The molecule has 2 unspecified atom stereocenters. The van der Waals surface area contributed by atoms with E-state index in [9.17, 15) is 19.8 Å². The van der Waals surface area contributed by atoms with Crippen LogP contribution in [0.25, 0.3) is 0 Å². The van der Waals surface area contributed by atoms with Crippen molar-refractivity contribution < 1.29 is 29.6 Å². The van der Waals surface area contributed by atoms with Gasteiger partial charge >= 0.3 is 11.9 Å². The highest BCUT2D eigenvalue weighted by atomic mass is 35.5. The largest absolute Gasteiger partial charge is 0.481 e. The van der Waals surface area contributed by atoms with Gasteiger partial charge in [0.2, 0.25) is 0 Å². The number of esters is 1. The second-order valence-electron chi connectivity index (χ2n) is 4.21. The van der Waals surface area contributed by atoms with Crippen LogP contribution < -0.4 is 0 Å². The predicted octanol–water partition coefficient (Wildman–Crippen LogP) is 0.925. The zero-order valence-electron chi connectivity index (χ0n) is 10.7. The quantitative estimate of drug-likeness (QED) is 0.675. The summed E-state index contributed by atoms with van der Waals surface area (Å²) in [6.07, 6.45) is -3.57. The van der Waals surface area contributed by atoms with Crippen molar-refractivity contribution in [1.82, 2.24) is 0 Å². The van der Waals surface area contributed by atoms with E-state index in [4.69, 9.17) is 16.7 Å². The smallest absolute Gasteiger partial charge is 0.308 e. The Hall–Kier alpha value is -1.63. The number of aliphatic hydroxyl groups is 2. The number of methoxy groups -OCH3 is 1. The molecule has 0 saturated heterocycles. The minimum atomic E-state index is -1.43. The van der Waals surface area contributed by atoms with Gasteiger partial charge in [0.15, 0.2) is 0 Å². The number of benzene rings is 1. The van der Waals surface area contributed by atoms with Crippen LogP contribution in [-0.2, 0) is 20.7 Å². The first-order chi connectivity index (χ1) is 9.35. The Morgan fingerprint density at radius 3 is 2.55 bits per heavy atom. The number of carbonyl (C=O) groups is 2. The van der Waals surface area contributed by atoms with Gasteiger partial charge in [-0.25, -0.2) is 0 Å². The minimum Gasteiger partial charge on any atom is -0.481 e. The molecule has 3 N–H and O–H groups in total. The molecule has 0 aliphatic rings. The molecule has 0 fully saturated rings. The summed E-state index contributed by atoms with van der Waals surface area (Å²) in [6.45, 7) is 0. The summed E-state index contributed by atoms with van der Waals surface area (Å²) < 4.78 is 4.40. The van der Waals surface area contributed by atoms with Crippen LogP contribution in [0, 0.1) is 0 Å². The molecule has 0 aliphatic heterocycles. The van der Waals surface area contributed by atoms with Crippen molar-refractivity contribution in [2.24, 2.45) is 0 Å². The summed E-state index contributed by atoms with van der Waals surface area (Å²) in [6, 6.07) is 4.31. The van der Waals surface area contributed by atoms with Gasteiger partial charge in [0.05, 0.1) is 26.1 Å². The zero-order valence-corrected chi connectivity index (χ0v) is 11.5. The van der Waals surface area contributed by atoms with E-state index in [1.54, 1.807) is 0 Å². The second kappa shape index (κ2) is 7.23. The molecule has 6 nitrogen and oxygen atoms in total. The molecular formula is C13H15ClO6. The Labute approximate surface area is 120 Å². The van der Waals surface area contributed by atoms with Crippen LogP contribution in [0.4, 0.5) is 0 Å². The van der Waals surface area contributed by atoms with Crippen LogP contribution >= 0.6 is 11.6 Å². The van der Waals surface area contributed by atoms with Crippen molar-refractivity contribution in [2.45, 2.75) is 25.0 Å². The number of hydrogen-bond acceptors (Lipinski definition) is 5. The lowest BCUT2D eigenvalue weighted by Gasteiger charge is -2.20. The van der Waals surface area contributed by atoms with Crippen molar-refractivity contribution in [3.05, 3.63) is 34.3 Å². The summed E-state index contributed by atoms with van der Waals surface area (Å²) in [4.78, 5) is 21.8. The first-order valence-electron chi connectivity index (χ1n) is 5.78. The van der Waals surface area contributed by atoms with E-state index in [-0.39, 0.29) is 12.0 Å². The van der Waals surface area contributed by atoms with Gasteiger partial charge in [-0.3, -0.25) is 9.59 Å². The zero-order chi connectivity index (χ0) is 15.3. The molecule has 0 heterocycles. The van der Waals surface area contributed by atoms with Crippen LogP contribution in [0.1, 0.15) is 23.7 Å². The van der Waals surface area contributed by atoms with Gasteiger partial charge in [0.25, 0.3) is 0 Å². The first-order valence-corrected chi connectivity index (χ1v) is 6.16. The van der Waals surface area contributed by atoms with E-state index >= 15 is 0 Å². The molecule has 110 valence electrons. The average molecular weight is 303 g/mol. The number of rotatable bonds is 6. The standard InChI is InChI=1S/C13H15ClO6/c1-20-12(18)6-10(15)13(19)9-5-8(14)3-2-7(9)4-11(16)17/h2-3,5,10,13,15,19H,4,6H2,1H3,(H,16,17). The number of ether oxygens (including phenoxy) is 1. The Morgan fingerprint density at radius 1 is 1.35 bits per heavy atom. The average Bonchev–Trinajstić information content (AvgIpc) is 2.39. The molecule has 0 saturated carbocycles. The maximum absolute atomic E-state index is 11.1. The van der Waals surface area contributed by atoms with Crippen LogP contribution in [0.2, 0.25) is 5.02 Å². The SMILES string of the molecule is COC(=O)CC(O)C(O)c1cc(Cl)ccc1CC(=O)O. The Balaban J connectivity index is 3.00. The van der Waals surface area contributed by atoms with Crippen molar-refractivity contribution in [1.29, 1.82) is 0 Å².